The number of hydrogen-bond donors (Lipinski definition) is 2. The zero-order valence-electron chi connectivity index (χ0n) is 17.3. The molecule has 170 valence electrons. The van der Waals surface area contributed by atoms with Crippen molar-refractivity contribution in [1.29, 1.82) is 0 Å². The molecular weight excluding hydrogens is 434 g/mol. The molecule has 3 aromatic carbocycles. The van der Waals surface area contributed by atoms with Crippen LogP contribution in [0, 0.1) is 11.6 Å². The van der Waals surface area contributed by atoms with Crippen molar-refractivity contribution in [3.8, 4) is 5.75 Å². The summed E-state index contributed by atoms with van der Waals surface area (Å²) >= 11 is 0. The van der Waals surface area contributed by atoms with Gasteiger partial charge in [0, 0.05) is 11.8 Å². The summed E-state index contributed by atoms with van der Waals surface area (Å²) in [6.45, 7) is -0.723. The summed E-state index contributed by atoms with van der Waals surface area (Å²) in [7, 11) is 0. The van der Waals surface area contributed by atoms with Crippen molar-refractivity contribution in [2.75, 3.05) is 18.5 Å². The Bertz CT molecular complexity index is 1140. The molecule has 0 bridgehead atoms. The predicted octanol–water partition coefficient (Wildman–Crippen LogP) is 3.46. The van der Waals surface area contributed by atoms with Gasteiger partial charge >= 0.3 is 5.97 Å². The van der Waals surface area contributed by atoms with E-state index in [1.165, 1.54) is 18.2 Å². The minimum Gasteiger partial charge on any atom is -0.489 e. The quantitative estimate of drug-likeness (QED) is 0.483. The monoisotopic (exact) mass is 454 g/mol. The lowest BCUT2D eigenvalue weighted by atomic mass is 10.2. The third-order valence-corrected chi connectivity index (χ3v) is 4.30. The molecule has 0 spiro atoms. The van der Waals surface area contributed by atoms with Crippen LogP contribution >= 0.6 is 0 Å². The Labute approximate surface area is 188 Å². The lowest BCUT2D eigenvalue weighted by Crippen LogP contribution is -2.35. The van der Waals surface area contributed by atoms with Gasteiger partial charge in [-0.25, -0.2) is 13.6 Å². The summed E-state index contributed by atoms with van der Waals surface area (Å²) in [5.74, 6) is -3.80. The molecule has 0 aliphatic rings. The van der Waals surface area contributed by atoms with Crippen LogP contribution in [0.5, 0.6) is 5.75 Å². The van der Waals surface area contributed by atoms with Crippen molar-refractivity contribution in [1.82, 2.24) is 5.32 Å². The van der Waals surface area contributed by atoms with Crippen LogP contribution in [-0.2, 0) is 20.9 Å². The van der Waals surface area contributed by atoms with Crippen LogP contribution in [0.25, 0.3) is 0 Å². The van der Waals surface area contributed by atoms with E-state index in [0.29, 0.717) is 12.4 Å². The van der Waals surface area contributed by atoms with Gasteiger partial charge in [-0.15, -0.1) is 0 Å². The fourth-order valence-corrected chi connectivity index (χ4v) is 2.68. The molecule has 0 aliphatic heterocycles. The van der Waals surface area contributed by atoms with E-state index in [9.17, 15) is 23.2 Å². The zero-order chi connectivity index (χ0) is 23.6. The highest BCUT2D eigenvalue weighted by Crippen LogP contribution is 2.16. The lowest BCUT2D eigenvalue weighted by Gasteiger charge is -2.09. The highest BCUT2D eigenvalue weighted by atomic mass is 19.2. The smallest absolute Gasteiger partial charge is 0.338 e. The van der Waals surface area contributed by atoms with Crippen molar-refractivity contribution in [3.05, 3.63) is 95.6 Å². The summed E-state index contributed by atoms with van der Waals surface area (Å²) < 4.78 is 36.7. The van der Waals surface area contributed by atoms with Crippen LogP contribution in [0.3, 0.4) is 0 Å². The molecular formula is C24H20F2N2O5. The van der Waals surface area contributed by atoms with Crippen LogP contribution in [0.15, 0.2) is 72.8 Å². The van der Waals surface area contributed by atoms with E-state index in [1.807, 2.05) is 30.3 Å². The van der Waals surface area contributed by atoms with Gasteiger partial charge in [0.2, 0.25) is 5.91 Å². The molecule has 0 saturated carbocycles. The van der Waals surface area contributed by atoms with Crippen LogP contribution in [0.2, 0.25) is 0 Å². The SMILES string of the molecule is O=C(COC(=O)c1cccc(OCc2ccccc2)c1)NCC(=O)Nc1ccc(F)c(F)c1. The second-order valence-corrected chi connectivity index (χ2v) is 6.83. The van der Waals surface area contributed by atoms with Crippen LogP contribution in [0.1, 0.15) is 15.9 Å². The average Bonchev–Trinajstić information content (AvgIpc) is 2.83. The Morgan fingerprint density at radius 2 is 1.61 bits per heavy atom. The van der Waals surface area contributed by atoms with Crippen molar-refractivity contribution in [3.63, 3.8) is 0 Å². The van der Waals surface area contributed by atoms with E-state index in [2.05, 4.69) is 10.6 Å². The van der Waals surface area contributed by atoms with E-state index in [4.69, 9.17) is 9.47 Å². The summed E-state index contributed by atoms with van der Waals surface area (Å²) in [6.07, 6.45) is 0. The topological polar surface area (TPSA) is 93.7 Å². The second kappa shape index (κ2) is 11.4. The first-order valence-electron chi connectivity index (χ1n) is 9.86. The summed E-state index contributed by atoms with van der Waals surface area (Å²) in [5.41, 5.74) is 1.20. The maximum absolute atomic E-state index is 13.2. The maximum atomic E-state index is 13.2. The second-order valence-electron chi connectivity index (χ2n) is 6.83. The highest BCUT2D eigenvalue weighted by molar-refractivity contribution is 5.95. The molecule has 2 amide bonds. The van der Waals surface area contributed by atoms with Crippen molar-refractivity contribution in [2.24, 2.45) is 0 Å². The van der Waals surface area contributed by atoms with E-state index in [0.717, 1.165) is 17.7 Å². The first-order valence-corrected chi connectivity index (χ1v) is 9.86. The van der Waals surface area contributed by atoms with Gasteiger partial charge in [-0.3, -0.25) is 9.59 Å². The number of hydrogen-bond acceptors (Lipinski definition) is 5. The summed E-state index contributed by atoms with van der Waals surface area (Å²) in [4.78, 5) is 35.9. The van der Waals surface area contributed by atoms with Gasteiger partial charge in [0.15, 0.2) is 18.2 Å². The Morgan fingerprint density at radius 1 is 0.818 bits per heavy atom. The third kappa shape index (κ3) is 7.42. The molecule has 0 radical (unpaired) electrons. The molecule has 33 heavy (non-hydrogen) atoms. The first-order chi connectivity index (χ1) is 15.9. The van der Waals surface area contributed by atoms with Crippen molar-refractivity contribution in [2.45, 2.75) is 6.61 Å². The van der Waals surface area contributed by atoms with Crippen molar-refractivity contribution >= 4 is 23.5 Å². The molecule has 0 aliphatic carbocycles. The standard InChI is InChI=1S/C24H20F2N2O5/c25-20-10-9-18(12-21(20)26)28-22(29)13-27-23(30)15-33-24(31)17-7-4-8-19(11-17)32-14-16-5-2-1-3-6-16/h1-12H,13-15H2,(H,27,30)(H,28,29). The molecule has 0 unspecified atom stereocenters. The molecule has 3 aromatic rings. The number of carbonyl (C=O) groups is 3. The Balaban J connectivity index is 1.41. The van der Waals surface area contributed by atoms with Gasteiger partial charge in [0.05, 0.1) is 12.1 Å². The van der Waals surface area contributed by atoms with Gasteiger partial charge < -0.3 is 20.1 Å². The van der Waals surface area contributed by atoms with E-state index in [1.54, 1.807) is 12.1 Å². The molecule has 9 heteroatoms. The average molecular weight is 454 g/mol. The normalized spacial score (nSPS) is 10.2. The van der Waals surface area contributed by atoms with E-state index >= 15 is 0 Å². The van der Waals surface area contributed by atoms with Gasteiger partial charge in [0.25, 0.3) is 5.91 Å². The maximum Gasteiger partial charge on any atom is 0.338 e. The molecule has 0 fully saturated rings. The largest absolute Gasteiger partial charge is 0.489 e. The number of esters is 1. The first kappa shape index (κ1) is 23.4. The lowest BCUT2D eigenvalue weighted by molar-refractivity contribution is -0.126. The minimum atomic E-state index is -1.11. The highest BCUT2D eigenvalue weighted by Gasteiger charge is 2.13. The Hall–Kier alpha value is -4.27. The van der Waals surface area contributed by atoms with Crippen molar-refractivity contribution < 1.29 is 32.6 Å². The number of halogens is 2. The third-order valence-electron chi connectivity index (χ3n) is 4.30. The van der Waals surface area contributed by atoms with E-state index in [-0.39, 0.29) is 11.3 Å². The summed E-state index contributed by atoms with van der Waals surface area (Å²) in [6, 6.07) is 18.7. The van der Waals surface area contributed by atoms with Gasteiger partial charge in [-0.05, 0) is 35.9 Å². The fourth-order valence-electron chi connectivity index (χ4n) is 2.68. The molecule has 0 atom stereocenters. The number of benzene rings is 3. The number of anilines is 1. The minimum absolute atomic E-state index is 0.0361. The summed E-state index contributed by atoms with van der Waals surface area (Å²) in [5, 5.41) is 4.57. The van der Waals surface area contributed by atoms with Crippen LogP contribution in [-0.4, -0.2) is 30.9 Å². The van der Waals surface area contributed by atoms with Gasteiger partial charge in [-0.2, -0.15) is 0 Å². The number of amides is 2. The molecule has 0 aromatic heterocycles. The molecule has 0 heterocycles. The zero-order valence-corrected chi connectivity index (χ0v) is 17.3. The van der Waals surface area contributed by atoms with E-state index < -0.39 is 42.6 Å². The number of carbonyl (C=O) groups excluding carboxylic acids is 3. The Morgan fingerprint density at radius 3 is 2.36 bits per heavy atom. The number of ether oxygens (including phenoxy) is 2. The molecule has 0 saturated heterocycles. The molecule has 3 rings (SSSR count). The van der Waals surface area contributed by atoms with Crippen LogP contribution in [0.4, 0.5) is 14.5 Å². The molecule has 2 N–H and O–H groups in total. The number of nitrogens with one attached hydrogen (secondary N) is 2. The van der Waals surface area contributed by atoms with Crippen LogP contribution < -0.4 is 15.4 Å². The van der Waals surface area contributed by atoms with Gasteiger partial charge in [-0.1, -0.05) is 36.4 Å². The Kier molecular flexibility index (Phi) is 8.07. The number of rotatable bonds is 9. The van der Waals surface area contributed by atoms with Gasteiger partial charge in [0.1, 0.15) is 12.4 Å². The molecule has 7 nitrogen and oxygen atoms in total. The predicted molar refractivity (Wildman–Crippen MR) is 115 cm³/mol. The fraction of sp³-hybridized carbons (Fsp3) is 0.125.